The molecule has 548 valence electrons. The number of carbonyl (C=O) groups excluding carboxylic acids is 4. The van der Waals surface area contributed by atoms with Crippen LogP contribution in [0.25, 0.3) is 0 Å². The number of phosphoric ester groups is 2. The molecule has 0 radical (unpaired) electrons. The Labute approximate surface area is 567 Å². The van der Waals surface area contributed by atoms with Crippen molar-refractivity contribution in [2.75, 3.05) is 39.6 Å². The Hall–Kier alpha value is -2.46. The van der Waals surface area contributed by atoms with E-state index in [0.717, 1.165) is 109 Å². The second kappa shape index (κ2) is 66.8. The lowest BCUT2D eigenvalue weighted by Gasteiger charge is -2.21. The number of carbonyl (C=O) groups is 4. The van der Waals surface area contributed by atoms with Crippen LogP contribution in [0.4, 0.5) is 0 Å². The third-order valence-corrected chi connectivity index (χ3v) is 18.9. The summed E-state index contributed by atoms with van der Waals surface area (Å²) in [6.07, 6.45) is 57.4. The number of esters is 4. The molecule has 0 aromatic rings. The summed E-state index contributed by atoms with van der Waals surface area (Å²) in [6.45, 7) is 7.22. The fourth-order valence-electron chi connectivity index (χ4n) is 10.8. The smallest absolute Gasteiger partial charge is 0.462 e. The molecule has 3 N–H and O–H groups in total. The van der Waals surface area contributed by atoms with Crippen molar-refractivity contribution in [3.05, 3.63) is 24.3 Å². The summed E-state index contributed by atoms with van der Waals surface area (Å²) in [7, 11) is -9.92. The number of aliphatic hydroxyl groups is 1. The van der Waals surface area contributed by atoms with Crippen LogP contribution in [0.1, 0.15) is 362 Å². The molecule has 17 nitrogen and oxygen atoms in total. The zero-order valence-corrected chi connectivity index (χ0v) is 61.7. The molecule has 0 fully saturated rings. The molecule has 6 atom stereocenters. The van der Waals surface area contributed by atoms with Gasteiger partial charge >= 0.3 is 39.5 Å². The molecule has 3 unspecified atom stereocenters. The minimum atomic E-state index is -4.96. The Morgan fingerprint density at radius 1 is 0.344 bits per heavy atom. The van der Waals surface area contributed by atoms with Crippen LogP contribution in [0, 0.1) is 5.92 Å². The quantitative estimate of drug-likeness (QED) is 0.0169. The minimum Gasteiger partial charge on any atom is -0.462 e. The summed E-state index contributed by atoms with van der Waals surface area (Å²) in [5.74, 6) is -1.37. The van der Waals surface area contributed by atoms with Gasteiger partial charge in [-0.2, -0.15) is 0 Å². The summed E-state index contributed by atoms with van der Waals surface area (Å²) in [4.78, 5) is 72.7. The Morgan fingerprint density at radius 2 is 0.602 bits per heavy atom. The molecule has 93 heavy (non-hydrogen) atoms. The molecule has 0 aromatic heterocycles. The van der Waals surface area contributed by atoms with Crippen molar-refractivity contribution in [2.45, 2.75) is 380 Å². The van der Waals surface area contributed by atoms with E-state index in [1.807, 2.05) is 0 Å². The van der Waals surface area contributed by atoms with Crippen molar-refractivity contribution >= 4 is 39.5 Å². The van der Waals surface area contributed by atoms with Gasteiger partial charge in [-0.3, -0.25) is 37.3 Å². The molecule has 0 rings (SSSR count). The zero-order chi connectivity index (χ0) is 68.4. The van der Waals surface area contributed by atoms with Gasteiger partial charge in [-0.25, -0.2) is 9.13 Å². The van der Waals surface area contributed by atoms with Gasteiger partial charge in [-0.15, -0.1) is 0 Å². The van der Waals surface area contributed by atoms with Gasteiger partial charge in [-0.1, -0.05) is 309 Å². The van der Waals surface area contributed by atoms with Crippen molar-refractivity contribution in [3.8, 4) is 0 Å². The first-order valence-electron chi connectivity index (χ1n) is 38.0. The van der Waals surface area contributed by atoms with Crippen molar-refractivity contribution in [1.29, 1.82) is 0 Å². The van der Waals surface area contributed by atoms with Crippen LogP contribution in [0.15, 0.2) is 24.3 Å². The largest absolute Gasteiger partial charge is 0.472 e. The average Bonchev–Trinajstić information content (AvgIpc) is 2.61. The van der Waals surface area contributed by atoms with E-state index in [9.17, 15) is 43.2 Å². The molecule has 19 heteroatoms. The summed E-state index contributed by atoms with van der Waals surface area (Å²) in [6, 6.07) is 0. The standard InChI is InChI=1S/C74H140O17P2/c1-6-10-13-16-19-22-25-28-29-32-35-38-45-50-55-60-74(79)90-69(63-84-71(76)57-52-47-42-36-33-30-26-23-20-17-14-11-7-2)65-88-92(80,81)86-61-68(75)62-87-93(82,83)89-66-70(64-85-72(77)58-53-48-43-40-39-41-46-51-56-67(5)9-4)91-73(78)59-54-49-44-37-34-31-27-24-21-18-15-12-8-3/h22,25,28-29,67-70,75H,6-21,23-24,26-27,30-66H2,1-5H3,(H,80,81)(H,82,83)/b25-22-,29-28-/t67?,68-,69-,70-/m1/s1. The van der Waals surface area contributed by atoms with E-state index in [1.165, 1.54) is 173 Å². The molecular weight excluding hydrogens is 1220 g/mol. The lowest BCUT2D eigenvalue weighted by atomic mass is 9.99. The van der Waals surface area contributed by atoms with Crippen LogP contribution in [0.3, 0.4) is 0 Å². The van der Waals surface area contributed by atoms with E-state index in [1.54, 1.807) is 0 Å². The predicted molar refractivity (Wildman–Crippen MR) is 377 cm³/mol. The molecule has 0 aliphatic heterocycles. The third-order valence-electron chi connectivity index (χ3n) is 17.0. The maximum atomic E-state index is 13.1. The zero-order valence-electron chi connectivity index (χ0n) is 59.9. The highest BCUT2D eigenvalue weighted by atomic mass is 31.2. The highest BCUT2D eigenvalue weighted by molar-refractivity contribution is 7.47. The predicted octanol–water partition coefficient (Wildman–Crippen LogP) is 21.2. The molecule has 0 aliphatic rings. The van der Waals surface area contributed by atoms with Gasteiger partial charge in [0.15, 0.2) is 12.2 Å². The fraction of sp³-hybridized carbons (Fsp3) is 0.892. The Bertz CT molecular complexity index is 1880. The molecule has 0 bridgehead atoms. The van der Waals surface area contributed by atoms with Crippen LogP contribution in [-0.4, -0.2) is 96.7 Å². The van der Waals surface area contributed by atoms with Crippen molar-refractivity contribution in [3.63, 3.8) is 0 Å². The SMILES string of the molecule is CCCCCC/C=C\C=C/CCCCCCCC(=O)O[C@H](COC(=O)CCCCCCCCCCCCCCC)COP(=O)(O)OC[C@@H](O)COP(=O)(O)OC[C@@H](COC(=O)CCCCCCCCCCC(C)CC)OC(=O)CCCCCCCCCCCCCCC. The van der Waals surface area contributed by atoms with Crippen molar-refractivity contribution < 1.29 is 80.2 Å². The summed E-state index contributed by atoms with van der Waals surface area (Å²) < 4.78 is 68.4. The number of rotatable bonds is 72. The number of phosphoric acid groups is 2. The number of allylic oxidation sites excluding steroid dienone is 4. The van der Waals surface area contributed by atoms with Gasteiger partial charge in [0, 0.05) is 25.7 Å². The molecule has 0 aromatic carbocycles. The van der Waals surface area contributed by atoms with Gasteiger partial charge in [-0.05, 0) is 57.3 Å². The van der Waals surface area contributed by atoms with E-state index in [0.29, 0.717) is 25.7 Å². The monoisotopic (exact) mass is 1360 g/mol. The number of ether oxygens (including phenoxy) is 4. The van der Waals surface area contributed by atoms with E-state index in [-0.39, 0.29) is 25.7 Å². The van der Waals surface area contributed by atoms with E-state index >= 15 is 0 Å². The van der Waals surface area contributed by atoms with Crippen LogP contribution in [0.2, 0.25) is 0 Å². The first kappa shape index (κ1) is 90.5. The second-order valence-corrected chi connectivity index (χ2v) is 29.1. The van der Waals surface area contributed by atoms with Crippen LogP contribution >= 0.6 is 15.6 Å². The van der Waals surface area contributed by atoms with E-state index in [4.69, 9.17) is 37.0 Å². The number of hydrogen-bond acceptors (Lipinski definition) is 15. The molecular formula is C74H140O17P2. The molecule has 0 amide bonds. The Kier molecular flexibility index (Phi) is 65.0. The van der Waals surface area contributed by atoms with E-state index < -0.39 is 97.5 Å². The highest BCUT2D eigenvalue weighted by Gasteiger charge is 2.30. The number of unbranched alkanes of at least 4 members (excludes halogenated alkanes) is 40. The first-order valence-corrected chi connectivity index (χ1v) is 41.0. The Balaban J connectivity index is 5.30. The topological polar surface area (TPSA) is 237 Å². The second-order valence-electron chi connectivity index (χ2n) is 26.2. The fourth-order valence-corrected chi connectivity index (χ4v) is 12.4. The molecule has 0 aliphatic carbocycles. The van der Waals surface area contributed by atoms with Gasteiger partial charge < -0.3 is 33.8 Å². The van der Waals surface area contributed by atoms with Crippen molar-refractivity contribution in [2.24, 2.45) is 5.92 Å². The number of aliphatic hydroxyl groups excluding tert-OH is 1. The highest BCUT2D eigenvalue weighted by Crippen LogP contribution is 2.45. The van der Waals surface area contributed by atoms with E-state index in [2.05, 4.69) is 58.9 Å². The Morgan fingerprint density at radius 3 is 0.914 bits per heavy atom. The normalized spacial score (nSPS) is 14.5. The lowest BCUT2D eigenvalue weighted by molar-refractivity contribution is -0.161. The van der Waals surface area contributed by atoms with Gasteiger partial charge in [0.2, 0.25) is 0 Å². The molecule has 0 spiro atoms. The maximum Gasteiger partial charge on any atom is 0.472 e. The van der Waals surface area contributed by atoms with Gasteiger partial charge in [0.25, 0.3) is 0 Å². The third kappa shape index (κ3) is 66.6. The lowest BCUT2D eigenvalue weighted by Crippen LogP contribution is -2.30. The molecule has 0 saturated heterocycles. The van der Waals surface area contributed by atoms with Crippen LogP contribution in [0.5, 0.6) is 0 Å². The molecule has 0 saturated carbocycles. The summed E-state index contributed by atoms with van der Waals surface area (Å²) in [5.41, 5.74) is 0. The summed E-state index contributed by atoms with van der Waals surface area (Å²) >= 11 is 0. The van der Waals surface area contributed by atoms with Gasteiger partial charge in [0.05, 0.1) is 26.4 Å². The van der Waals surface area contributed by atoms with Crippen LogP contribution in [-0.2, 0) is 65.4 Å². The average molecular weight is 1360 g/mol. The minimum absolute atomic E-state index is 0.0855. The van der Waals surface area contributed by atoms with Crippen LogP contribution < -0.4 is 0 Å². The first-order chi connectivity index (χ1) is 45.1. The van der Waals surface area contributed by atoms with Crippen molar-refractivity contribution in [1.82, 2.24) is 0 Å². The number of hydrogen-bond donors (Lipinski definition) is 3. The molecule has 0 heterocycles. The summed E-state index contributed by atoms with van der Waals surface area (Å²) in [5, 5.41) is 10.6. The maximum absolute atomic E-state index is 13.1. The van der Waals surface area contributed by atoms with Gasteiger partial charge in [0.1, 0.15) is 19.3 Å².